The second-order valence-electron chi connectivity index (χ2n) is 6.90. The highest BCUT2D eigenvalue weighted by Crippen LogP contribution is 2.24. The molecule has 0 aromatic heterocycles. The lowest BCUT2D eigenvalue weighted by atomic mass is 10.1. The van der Waals surface area contributed by atoms with E-state index in [0.29, 0.717) is 30.6 Å². The number of amidine groups is 2. The fourth-order valence-electron chi connectivity index (χ4n) is 2.98. The second kappa shape index (κ2) is 8.24. The molecule has 1 amide bonds. The minimum atomic E-state index is -0.464. The SMILES string of the molecule is CC1=CC2=NC(=O)/C(=C\c3ccc(OCCOc4ccc(C)cc4)cc3)C(=N)N2O1. The van der Waals surface area contributed by atoms with Gasteiger partial charge in [-0.05, 0) is 49.8 Å². The van der Waals surface area contributed by atoms with Crippen molar-refractivity contribution in [3.8, 4) is 11.5 Å². The van der Waals surface area contributed by atoms with Crippen molar-refractivity contribution in [1.82, 2.24) is 5.06 Å². The maximum Gasteiger partial charge on any atom is 0.282 e. The molecule has 2 aliphatic heterocycles. The Morgan fingerprint density at radius 1 is 1.00 bits per heavy atom. The summed E-state index contributed by atoms with van der Waals surface area (Å²) in [6, 6.07) is 15.1. The number of allylic oxidation sites excluding steroid dienone is 1. The first-order valence-corrected chi connectivity index (χ1v) is 9.52. The predicted molar refractivity (Wildman–Crippen MR) is 113 cm³/mol. The van der Waals surface area contributed by atoms with Gasteiger partial charge in [-0.3, -0.25) is 10.2 Å². The van der Waals surface area contributed by atoms with Crippen LogP contribution in [0.4, 0.5) is 0 Å². The number of nitrogens with one attached hydrogen (secondary N) is 1. The first kappa shape index (κ1) is 19.4. The van der Waals surface area contributed by atoms with Gasteiger partial charge in [0.25, 0.3) is 5.91 Å². The van der Waals surface area contributed by atoms with Crippen molar-refractivity contribution in [1.29, 1.82) is 5.41 Å². The lowest BCUT2D eigenvalue weighted by Gasteiger charge is -2.22. The van der Waals surface area contributed by atoms with Gasteiger partial charge in [-0.2, -0.15) is 4.99 Å². The summed E-state index contributed by atoms with van der Waals surface area (Å²) in [6.45, 7) is 4.62. The lowest BCUT2D eigenvalue weighted by molar-refractivity contribution is -0.114. The van der Waals surface area contributed by atoms with Gasteiger partial charge >= 0.3 is 0 Å². The van der Waals surface area contributed by atoms with Crippen LogP contribution >= 0.6 is 0 Å². The highest BCUT2D eigenvalue weighted by Gasteiger charge is 2.34. The first-order chi connectivity index (χ1) is 14.5. The number of aliphatic imine (C=N–C) groups is 1. The molecule has 0 fully saturated rings. The number of fused-ring (bicyclic) bond motifs is 1. The average molecular weight is 403 g/mol. The lowest BCUT2D eigenvalue weighted by Crippen LogP contribution is -2.38. The number of carbonyl (C=O) groups is 1. The molecule has 0 atom stereocenters. The number of carbonyl (C=O) groups excluding carboxylic acids is 1. The maximum atomic E-state index is 12.3. The summed E-state index contributed by atoms with van der Waals surface area (Å²) in [5.74, 6) is 1.92. The largest absolute Gasteiger partial charge is 0.490 e. The molecular weight excluding hydrogens is 382 g/mol. The molecule has 2 aromatic carbocycles. The Bertz CT molecular complexity index is 1070. The number of aryl methyl sites for hydroxylation is 1. The van der Waals surface area contributed by atoms with Crippen LogP contribution in [0.2, 0.25) is 0 Å². The van der Waals surface area contributed by atoms with Gasteiger partial charge in [0.15, 0.2) is 11.7 Å². The van der Waals surface area contributed by atoms with Gasteiger partial charge in [-0.1, -0.05) is 29.8 Å². The molecule has 0 saturated heterocycles. The van der Waals surface area contributed by atoms with E-state index in [1.54, 1.807) is 19.1 Å². The molecule has 0 radical (unpaired) electrons. The van der Waals surface area contributed by atoms with Crippen molar-refractivity contribution in [3.05, 3.63) is 77.1 Å². The molecule has 0 bridgehead atoms. The van der Waals surface area contributed by atoms with E-state index in [4.69, 9.17) is 19.7 Å². The van der Waals surface area contributed by atoms with Gasteiger partial charge in [0.2, 0.25) is 0 Å². The molecule has 0 spiro atoms. The molecule has 4 rings (SSSR count). The highest BCUT2D eigenvalue weighted by atomic mass is 16.7. The molecule has 2 heterocycles. The number of amides is 1. The van der Waals surface area contributed by atoms with E-state index < -0.39 is 5.91 Å². The number of hydrogen-bond donors (Lipinski definition) is 1. The van der Waals surface area contributed by atoms with E-state index in [9.17, 15) is 4.79 Å². The summed E-state index contributed by atoms with van der Waals surface area (Å²) in [5.41, 5.74) is 2.11. The van der Waals surface area contributed by atoms with E-state index in [1.807, 2.05) is 55.5 Å². The van der Waals surface area contributed by atoms with Crippen molar-refractivity contribution >= 4 is 23.7 Å². The van der Waals surface area contributed by atoms with Crippen LogP contribution in [0.25, 0.3) is 6.08 Å². The van der Waals surface area contributed by atoms with Gasteiger partial charge in [0, 0.05) is 6.08 Å². The van der Waals surface area contributed by atoms with Crippen molar-refractivity contribution < 1.29 is 19.1 Å². The third-order valence-electron chi connectivity index (χ3n) is 4.51. The minimum Gasteiger partial charge on any atom is -0.490 e. The summed E-state index contributed by atoms with van der Waals surface area (Å²) in [5, 5.41) is 9.48. The quantitative estimate of drug-likeness (QED) is 0.584. The van der Waals surface area contributed by atoms with Crippen molar-refractivity contribution in [2.24, 2.45) is 4.99 Å². The summed E-state index contributed by atoms with van der Waals surface area (Å²) in [7, 11) is 0. The Kier molecular flexibility index (Phi) is 5.34. The molecule has 30 heavy (non-hydrogen) atoms. The Balaban J connectivity index is 1.34. The van der Waals surface area contributed by atoms with Gasteiger partial charge in [0.05, 0.1) is 5.57 Å². The van der Waals surface area contributed by atoms with E-state index >= 15 is 0 Å². The van der Waals surface area contributed by atoms with Crippen LogP contribution in [-0.4, -0.2) is 35.9 Å². The molecule has 0 unspecified atom stereocenters. The summed E-state index contributed by atoms with van der Waals surface area (Å²) < 4.78 is 11.3. The van der Waals surface area contributed by atoms with Crippen LogP contribution in [0.1, 0.15) is 18.1 Å². The molecule has 1 N–H and O–H groups in total. The van der Waals surface area contributed by atoms with Crippen molar-refractivity contribution in [2.75, 3.05) is 13.2 Å². The minimum absolute atomic E-state index is 0.0355. The van der Waals surface area contributed by atoms with Gasteiger partial charge in [-0.15, -0.1) is 5.06 Å². The monoisotopic (exact) mass is 403 g/mol. The number of ether oxygens (including phenoxy) is 2. The standard InChI is InChI=1S/C23H21N3O4/c1-15-3-7-18(8-4-15)28-11-12-29-19-9-5-17(6-10-19)14-20-22(24)26-21(25-23(20)27)13-16(2)30-26/h3-10,13-14,24H,11-12H2,1-2H3/b20-14-,24-22?. The van der Waals surface area contributed by atoms with Crippen LogP contribution in [0.5, 0.6) is 11.5 Å². The van der Waals surface area contributed by atoms with Crippen LogP contribution in [0.3, 0.4) is 0 Å². The molecule has 0 aliphatic carbocycles. The summed E-state index contributed by atoms with van der Waals surface area (Å²) >= 11 is 0. The number of nitrogens with zero attached hydrogens (tertiary/aromatic N) is 2. The number of rotatable bonds is 6. The van der Waals surface area contributed by atoms with Crippen LogP contribution in [-0.2, 0) is 9.63 Å². The molecule has 7 nitrogen and oxygen atoms in total. The van der Waals surface area contributed by atoms with Crippen LogP contribution in [0.15, 0.2) is 70.9 Å². The van der Waals surface area contributed by atoms with Crippen LogP contribution in [0, 0.1) is 12.3 Å². The average Bonchev–Trinajstić information content (AvgIpc) is 3.11. The zero-order valence-corrected chi connectivity index (χ0v) is 16.7. The van der Waals surface area contributed by atoms with Gasteiger partial charge in [0.1, 0.15) is 30.5 Å². The molecule has 152 valence electrons. The Hall–Kier alpha value is -3.87. The fraction of sp³-hybridized carbons (Fsp3) is 0.174. The normalized spacial score (nSPS) is 16.7. The number of benzene rings is 2. The first-order valence-electron chi connectivity index (χ1n) is 9.52. The maximum absolute atomic E-state index is 12.3. The topological polar surface area (TPSA) is 84.2 Å². The van der Waals surface area contributed by atoms with Gasteiger partial charge < -0.3 is 14.3 Å². The van der Waals surface area contributed by atoms with Crippen molar-refractivity contribution in [2.45, 2.75) is 13.8 Å². The second-order valence-corrected chi connectivity index (χ2v) is 6.90. The van der Waals surface area contributed by atoms with Gasteiger partial charge in [-0.25, -0.2) is 0 Å². The number of hydrogen-bond acceptors (Lipinski definition) is 5. The zero-order chi connectivity index (χ0) is 21.1. The zero-order valence-electron chi connectivity index (χ0n) is 16.7. The fourth-order valence-corrected chi connectivity index (χ4v) is 2.98. The van der Waals surface area contributed by atoms with E-state index in [0.717, 1.165) is 11.3 Å². The van der Waals surface area contributed by atoms with E-state index in [-0.39, 0.29) is 11.4 Å². The Morgan fingerprint density at radius 3 is 2.23 bits per heavy atom. The molecular formula is C23H21N3O4. The number of hydroxylamine groups is 2. The Morgan fingerprint density at radius 2 is 1.60 bits per heavy atom. The Labute approximate surface area is 174 Å². The van der Waals surface area contributed by atoms with Crippen molar-refractivity contribution in [3.63, 3.8) is 0 Å². The molecule has 0 saturated carbocycles. The third kappa shape index (κ3) is 4.25. The third-order valence-corrected chi connectivity index (χ3v) is 4.51. The van der Waals surface area contributed by atoms with E-state index in [1.165, 1.54) is 10.6 Å². The van der Waals surface area contributed by atoms with E-state index in [2.05, 4.69) is 4.99 Å². The molecule has 2 aliphatic rings. The smallest absolute Gasteiger partial charge is 0.282 e. The highest BCUT2D eigenvalue weighted by molar-refractivity contribution is 6.32. The predicted octanol–water partition coefficient (Wildman–Crippen LogP) is 3.90. The summed E-state index contributed by atoms with van der Waals surface area (Å²) in [6.07, 6.45) is 3.24. The van der Waals surface area contributed by atoms with Crippen LogP contribution < -0.4 is 9.47 Å². The molecule has 7 heteroatoms. The molecule has 2 aromatic rings. The summed E-state index contributed by atoms with van der Waals surface area (Å²) in [4.78, 5) is 21.7.